The minimum atomic E-state index is -0.985. The van der Waals surface area contributed by atoms with Gasteiger partial charge in [-0.2, -0.15) is 0 Å². The number of nitrogens with zero attached hydrogens (tertiary/aromatic N) is 1. The molecule has 1 saturated heterocycles. The van der Waals surface area contributed by atoms with Gasteiger partial charge in [0.15, 0.2) is 0 Å². The largest absolute Gasteiger partial charge is 0.497 e. The zero-order valence-corrected chi connectivity index (χ0v) is 19.1. The molecule has 3 aromatic carbocycles. The molecule has 0 aromatic heterocycles. The SMILES string of the molecule is COc1ccc([C@](O)(CCc2ccccc2)[C@@H](CN2CCCCC2)c2ccccc2)cc1. The normalized spacial score (nSPS) is 17.4. The van der Waals surface area contributed by atoms with Crippen LogP contribution in [0.1, 0.15) is 48.3 Å². The van der Waals surface area contributed by atoms with Crippen LogP contribution in [0, 0.1) is 0 Å². The van der Waals surface area contributed by atoms with E-state index in [0.29, 0.717) is 6.42 Å². The van der Waals surface area contributed by atoms with Crippen molar-refractivity contribution in [1.82, 2.24) is 4.90 Å². The van der Waals surface area contributed by atoms with Crippen molar-refractivity contribution in [3.05, 3.63) is 102 Å². The minimum absolute atomic E-state index is 0.0149. The van der Waals surface area contributed by atoms with Gasteiger partial charge in [-0.15, -0.1) is 0 Å². The van der Waals surface area contributed by atoms with Gasteiger partial charge in [-0.3, -0.25) is 0 Å². The molecule has 0 bridgehead atoms. The van der Waals surface area contributed by atoms with Crippen molar-refractivity contribution in [1.29, 1.82) is 0 Å². The molecule has 2 atom stereocenters. The number of methoxy groups -OCH3 is 1. The van der Waals surface area contributed by atoms with Crippen molar-refractivity contribution in [2.75, 3.05) is 26.7 Å². The average Bonchev–Trinajstić information content (AvgIpc) is 2.88. The molecule has 0 spiro atoms. The second-order valence-corrected chi connectivity index (χ2v) is 8.96. The fourth-order valence-electron chi connectivity index (χ4n) is 5.00. The fourth-order valence-corrected chi connectivity index (χ4v) is 5.00. The van der Waals surface area contributed by atoms with E-state index in [4.69, 9.17) is 4.74 Å². The van der Waals surface area contributed by atoms with E-state index in [1.807, 2.05) is 30.3 Å². The highest BCUT2D eigenvalue weighted by Crippen LogP contribution is 2.42. The summed E-state index contributed by atoms with van der Waals surface area (Å²) in [5, 5.41) is 12.5. The van der Waals surface area contributed by atoms with E-state index in [2.05, 4.69) is 59.5 Å². The van der Waals surface area contributed by atoms with Crippen LogP contribution in [0.15, 0.2) is 84.9 Å². The van der Waals surface area contributed by atoms with Crippen LogP contribution in [0.2, 0.25) is 0 Å². The number of likely N-dealkylation sites (tertiary alicyclic amines) is 1. The van der Waals surface area contributed by atoms with E-state index in [-0.39, 0.29) is 5.92 Å². The molecule has 0 unspecified atom stereocenters. The third kappa shape index (κ3) is 5.40. The highest BCUT2D eigenvalue weighted by atomic mass is 16.5. The lowest BCUT2D eigenvalue weighted by Gasteiger charge is -2.41. The molecular weight excluding hydrogens is 394 g/mol. The first-order chi connectivity index (χ1) is 15.7. The molecule has 32 heavy (non-hydrogen) atoms. The maximum absolute atomic E-state index is 12.5. The number of aryl methyl sites for hydroxylation is 1. The molecule has 1 aliphatic rings. The number of piperidine rings is 1. The quantitative estimate of drug-likeness (QED) is 0.468. The number of hydrogen-bond acceptors (Lipinski definition) is 3. The third-order valence-electron chi connectivity index (χ3n) is 6.90. The second kappa shape index (κ2) is 10.8. The predicted octanol–water partition coefficient (Wildman–Crippen LogP) is 5.79. The summed E-state index contributed by atoms with van der Waals surface area (Å²) >= 11 is 0. The Morgan fingerprint density at radius 1 is 0.844 bits per heavy atom. The highest BCUT2D eigenvalue weighted by Gasteiger charge is 2.40. The Kier molecular flexibility index (Phi) is 7.62. The molecule has 0 radical (unpaired) electrons. The van der Waals surface area contributed by atoms with Crippen molar-refractivity contribution in [3.63, 3.8) is 0 Å². The topological polar surface area (TPSA) is 32.7 Å². The number of ether oxygens (including phenoxy) is 1. The summed E-state index contributed by atoms with van der Waals surface area (Å²) < 4.78 is 5.39. The molecular formula is C29H35NO2. The third-order valence-corrected chi connectivity index (χ3v) is 6.90. The summed E-state index contributed by atoms with van der Waals surface area (Å²) in [6.07, 6.45) is 5.28. The first-order valence-corrected chi connectivity index (χ1v) is 11.9. The summed E-state index contributed by atoms with van der Waals surface area (Å²) in [5.41, 5.74) is 2.43. The van der Waals surface area contributed by atoms with Gasteiger partial charge in [0.2, 0.25) is 0 Å². The maximum atomic E-state index is 12.5. The first kappa shape index (κ1) is 22.6. The highest BCUT2D eigenvalue weighted by molar-refractivity contribution is 5.36. The lowest BCUT2D eigenvalue weighted by Crippen LogP contribution is -2.43. The van der Waals surface area contributed by atoms with Gasteiger partial charge < -0.3 is 14.7 Å². The lowest BCUT2D eigenvalue weighted by atomic mass is 9.73. The van der Waals surface area contributed by atoms with E-state index in [1.54, 1.807) is 7.11 Å². The summed E-state index contributed by atoms with van der Waals surface area (Å²) in [6, 6.07) is 29.1. The second-order valence-electron chi connectivity index (χ2n) is 8.96. The van der Waals surface area contributed by atoms with Crippen molar-refractivity contribution in [2.45, 2.75) is 43.6 Å². The Morgan fingerprint density at radius 3 is 2.09 bits per heavy atom. The van der Waals surface area contributed by atoms with E-state index in [9.17, 15) is 5.11 Å². The van der Waals surface area contributed by atoms with Crippen molar-refractivity contribution in [2.24, 2.45) is 0 Å². The van der Waals surface area contributed by atoms with Gasteiger partial charge in [0.25, 0.3) is 0 Å². The molecule has 4 rings (SSSR count). The summed E-state index contributed by atoms with van der Waals surface area (Å²) in [5.74, 6) is 0.797. The van der Waals surface area contributed by atoms with Gasteiger partial charge in [-0.25, -0.2) is 0 Å². The smallest absolute Gasteiger partial charge is 0.118 e. The van der Waals surface area contributed by atoms with E-state index in [0.717, 1.165) is 37.4 Å². The Morgan fingerprint density at radius 2 is 1.47 bits per heavy atom. The lowest BCUT2D eigenvalue weighted by molar-refractivity contribution is -0.0144. The van der Waals surface area contributed by atoms with E-state index >= 15 is 0 Å². The molecule has 0 saturated carbocycles. The van der Waals surface area contributed by atoms with Gasteiger partial charge in [0, 0.05) is 12.5 Å². The van der Waals surface area contributed by atoms with Crippen molar-refractivity contribution >= 4 is 0 Å². The summed E-state index contributed by atoms with van der Waals surface area (Å²) in [7, 11) is 1.68. The van der Waals surface area contributed by atoms with Crippen LogP contribution in [-0.4, -0.2) is 36.8 Å². The van der Waals surface area contributed by atoms with Crippen molar-refractivity contribution in [3.8, 4) is 5.75 Å². The average molecular weight is 430 g/mol. The number of hydrogen-bond donors (Lipinski definition) is 1. The van der Waals surface area contributed by atoms with Crippen LogP contribution in [0.4, 0.5) is 0 Å². The molecule has 1 aliphatic heterocycles. The number of rotatable bonds is 9. The predicted molar refractivity (Wildman–Crippen MR) is 131 cm³/mol. The van der Waals surface area contributed by atoms with Gasteiger partial charge >= 0.3 is 0 Å². The van der Waals surface area contributed by atoms with Crippen LogP contribution in [0.5, 0.6) is 5.75 Å². The molecule has 1 N–H and O–H groups in total. The Hall–Kier alpha value is -2.62. The van der Waals surface area contributed by atoms with Crippen LogP contribution < -0.4 is 4.74 Å². The molecule has 1 heterocycles. The van der Waals surface area contributed by atoms with E-state index in [1.165, 1.54) is 30.4 Å². The van der Waals surface area contributed by atoms with Crippen molar-refractivity contribution < 1.29 is 9.84 Å². The zero-order chi connectivity index (χ0) is 22.2. The van der Waals surface area contributed by atoms with Crippen LogP contribution in [0.3, 0.4) is 0 Å². The zero-order valence-electron chi connectivity index (χ0n) is 19.1. The molecule has 0 amide bonds. The molecule has 3 aromatic rings. The van der Waals surface area contributed by atoms with Gasteiger partial charge in [-0.1, -0.05) is 79.2 Å². The van der Waals surface area contributed by atoms with Gasteiger partial charge in [0.05, 0.1) is 12.7 Å². The first-order valence-electron chi connectivity index (χ1n) is 11.9. The Bertz CT molecular complexity index is 936. The maximum Gasteiger partial charge on any atom is 0.118 e. The standard InChI is InChI=1S/C29H35NO2/c1-32-27-17-15-26(16-18-27)29(31,20-19-24-11-5-2-6-12-24)28(25-13-7-3-8-14-25)23-30-21-9-4-10-22-30/h2-3,5-8,11-18,28,31H,4,9-10,19-23H2,1H3/t28-,29+/m0/s1. The van der Waals surface area contributed by atoms with Crippen LogP contribution in [0.25, 0.3) is 0 Å². The van der Waals surface area contributed by atoms with Gasteiger partial charge in [0.1, 0.15) is 5.75 Å². The van der Waals surface area contributed by atoms with E-state index < -0.39 is 5.60 Å². The summed E-state index contributed by atoms with van der Waals surface area (Å²) in [6.45, 7) is 3.09. The molecule has 3 nitrogen and oxygen atoms in total. The molecule has 1 fully saturated rings. The summed E-state index contributed by atoms with van der Waals surface area (Å²) in [4.78, 5) is 2.54. The van der Waals surface area contributed by atoms with Gasteiger partial charge in [-0.05, 0) is 67.6 Å². The Labute approximate surface area is 192 Å². The molecule has 168 valence electrons. The minimum Gasteiger partial charge on any atom is -0.497 e. The monoisotopic (exact) mass is 429 g/mol. The van der Waals surface area contributed by atoms with Crippen LogP contribution >= 0.6 is 0 Å². The number of aliphatic hydroxyl groups is 1. The fraction of sp³-hybridized carbons (Fsp3) is 0.379. The molecule has 3 heteroatoms. The Balaban J connectivity index is 1.71. The molecule has 0 aliphatic carbocycles. The number of benzene rings is 3. The van der Waals surface area contributed by atoms with Crippen LogP contribution in [-0.2, 0) is 12.0 Å².